The summed E-state index contributed by atoms with van der Waals surface area (Å²) < 4.78 is 41.8. The van der Waals surface area contributed by atoms with Crippen LogP contribution in [0.2, 0.25) is 0 Å². The molecule has 1 unspecified atom stereocenters. The van der Waals surface area contributed by atoms with Gasteiger partial charge in [0.2, 0.25) is 0 Å². The van der Waals surface area contributed by atoms with Crippen molar-refractivity contribution >= 4 is 10.0 Å². The number of methoxy groups -OCH3 is 2. The van der Waals surface area contributed by atoms with E-state index >= 15 is 0 Å². The second-order valence-electron chi connectivity index (χ2n) is 7.84. The van der Waals surface area contributed by atoms with E-state index in [1.807, 2.05) is 36.4 Å². The molecule has 0 radical (unpaired) electrons. The molecule has 9 nitrogen and oxygen atoms in total. The van der Waals surface area contributed by atoms with Gasteiger partial charge in [0.25, 0.3) is 15.6 Å². The maximum atomic E-state index is 13.8. The average molecular weight is 472 g/mol. The first-order chi connectivity index (χ1) is 15.7. The standard InChI is InChI=1S/C23H25N3O6S/c1-24-14-20(22(27)25(2)23(24)28)33(29,30)26-11-10-16-12-18(31-3)19(32-4)13-17(16)21(26)15-8-6-5-7-9-15/h5-9,12-14,21H,10-11H2,1-4H3. The molecule has 4 rings (SSSR count). The molecule has 0 aliphatic carbocycles. The number of ether oxygens (including phenoxy) is 2. The van der Waals surface area contributed by atoms with E-state index in [0.29, 0.717) is 17.9 Å². The fourth-order valence-electron chi connectivity index (χ4n) is 4.24. The predicted molar refractivity (Wildman–Crippen MR) is 122 cm³/mol. The van der Waals surface area contributed by atoms with Crippen LogP contribution in [0, 0.1) is 0 Å². The van der Waals surface area contributed by atoms with E-state index in [2.05, 4.69) is 0 Å². The second kappa shape index (κ2) is 8.53. The summed E-state index contributed by atoms with van der Waals surface area (Å²) in [5.74, 6) is 1.04. The Hall–Kier alpha value is -3.37. The summed E-state index contributed by atoms with van der Waals surface area (Å²) in [6, 6.07) is 12.2. The van der Waals surface area contributed by atoms with E-state index in [1.165, 1.54) is 25.5 Å². The lowest BCUT2D eigenvalue weighted by atomic mass is 9.89. The molecule has 0 bridgehead atoms. The van der Waals surface area contributed by atoms with Gasteiger partial charge in [-0.15, -0.1) is 0 Å². The van der Waals surface area contributed by atoms with E-state index in [1.54, 1.807) is 13.2 Å². The Morgan fingerprint density at radius 2 is 1.61 bits per heavy atom. The van der Waals surface area contributed by atoms with Crippen molar-refractivity contribution in [3.05, 3.63) is 86.2 Å². The van der Waals surface area contributed by atoms with Crippen LogP contribution in [-0.2, 0) is 30.5 Å². The Morgan fingerprint density at radius 1 is 0.970 bits per heavy atom. The third-order valence-electron chi connectivity index (χ3n) is 5.95. The molecule has 0 saturated carbocycles. The molecular weight excluding hydrogens is 446 g/mol. The van der Waals surface area contributed by atoms with Crippen LogP contribution in [0.4, 0.5) is 0 Å². The summed E-state index contributed by atoms with van der Waals surface area (Å²) in [5, 5.41) is 0. The van der Waals surface area contributed by atoms with E-state index in [9.17, 15) is 18.0 Å². The highest BCUT2D eigenvalue weighted by molar-refractivity contribution is 7.89. The number of benzene rings is 2. The van der Waals surface area contributed by atoms with Crippen molar-refractivity contribution < 1.29 is 17.9 Å². The number of hydrogen-bond acceptors (Lipinski definition) is 6. The van der Waals surface area contributed by atoms with Gasteiger partial charge < -0.3 is 14.0 Å². The number of sulfonamides is 1. The van der Waals surface area contributed by atoms with Gasteiger partial charge in [0.1, 0.15) is 0 Å². The molecule has 2 aromatic carbocycles. The number of aromatic nitrogens is 2. The second-order valence-corrected chi connectivity index (χ2v) is 9.69. The van der Waals surface area contributed by atoms with Crippen molar-refractivity contribution in [2.24, 2.45) is 14.1 Å². The van der Waals surface area contributed by atoms with Crippen LogP contribution in [0.3, 0.4) is 0 Å². The van der Waals surface area contributed by atoms with Gasteiger partial charge in [-0.3, -0.25) is 9.36 Å². The summed E-state index contributed by atoms with van der Waals surface area (Å²) in [6.45, 7) is 0.149. The zero-order chi connectivity index (χ0) is 23.9. The Bertz CT molecular complexity index is 1430. The minimum absolute atomic E-state index is 0.149. The van der Waals surface area contributed by atoms with Crippen LogP contribution in [-0.4, -0.2) is 42.6 Å². The normalized spacial score (nSPS) is 16.3. The maximum Gasteiger partial charge on any atom is 0.330 e. The van der Waals surface area contributed by atoms with Crippen LogP contribution in [0.25, 0.3) is 0 Å². The van der Waals surface area contributed by atoms with Gasteiger partial charge in [-0.2, -0.15) is 4.31 Å². The Morgan fingerprint density at radius 3 is 2.24 bits per heavy atom. The molecule has 3 aromatic rings. The SMILES string of the molecule is COc1cc2c(cc1OC)C(c1ccccc1)N(S(=O)(=O)c1cn(C)c(=O)n(C)c1=O)CC2. The van der Waals surface area contributed by atoms with Gasteiger partial charge in [0.15, 0.2) is 16.4 Å². The van der Waals surface area contributed by atoms with Crippen LogP contribution >= 0.6 is 0 Å². The third kappa shape index (κ3) is 3.75. The molecule has 1 aliphatic rings. The van der Waals surface area contributed by atoms with Crippen molar-refractivity contribution in [3.63, 3.8) is 0 Å². The minimum Gasteiger partial charge on any atom is -0.493 e. The molecule has 174 valence electrons. The summed E-state index contributed by atoms with van der Waals surface area (Å²) in [7, 11) is 1.49. The van der Waals surface area contributed by atoms with Crippen LogP contribution in [0.5, 0.6) is 11.5 Å². The molecular formula is C23H25N3O6S. The fraction of sp³-hybridized carbons (Fsp3) is 0.304. The summed E-state index contributed by atoms with van der Waals surface area (Å²) in [6.07, 6.45) is 1.51. The smallest absolute Gasteiger partial charge is 0.330 e. The highest BCUT2D eigenvalue weighted by atomic mass is 32.2. The quantitative estimate of drug-likeness (QED) is 0.558. The molecule has 1 aromatic heterocycles. The van der Waals surface area contributed by atoms with Crippen molar-refractivity contribution in [2.45, 2.75) is 17.4 Å². The van der Waals surface area contributed by atoms with E-state index in [4.69, 9.17) is 9.47 Å². The Labute approximate surface area is 191 Å². The molecule has 0 fully saturated rings. The van der Waals surface area contributed by atoms with Crippen LogP contribution < -0.4 is 20.7 Å². The van der Waals surface area contributed by atoms with Crippen molar-refractivity contribution in [1.82, 2.24) is 13.4 Å². The summed E-state index contributed by atoms with van der Waals surface area (Å²) in [5.41, 5.74) is 0.968. The minimum atomic E-state index is -4.26. The molecule has 0 saturated heterocycles. The van der Waals surface area contributed by atoms with Gasteiger partial charge >= 0.3 is 5.69 Å². The van der Waals surface area contributed by atoms with Gasteiger partial charge in [0, 0.05) is 26.8 Å². The average Bonchev–Trinajstić information content (AvgIpc) is 2.83. The largest absolute Gasteiger partial charge is 0.493 e. The molecule has 0 spiro atoms. The molecule has 1 aliphatic heterocycles. The van der Waals surface area contributed by atoms with Crippen molar-refractivity contribution in [1.29, 1.82) is 0 Å². The lowest BCUT2D eigenvalue weighted by Gasteiger charge is -2.37. The first kappa shape index (κ1) is 22.8. The highest BCUT2D eigenvalue weighted by Gasteiger charge is 2.39. The van der Waals surface area contributed by atoms with Gasteiger partial charge in [-0.05, 0) is 35.2 Å². The monoisotopic (exact) mass is 471 g/mol. The van der Waals surface area contributed by atoms with E-state index in [0.717, 1.165) is 32.0 Å². The topological polar surface area (TPSA) is 99.8 Å². The third-order valence-corrected chi connectivity index (χ3v) is 7.79. The van der Waals surface area contributed by atoms with Crippen molar-refractivity contribution in [2.75, 3.05) is 20.8 Å². The summed E-state index contributed by atoms with van der Waals surface area (Å²) in [4.78, 5) is 24.5. The predicted octanol–water partition coefficient (Wildman–Crippen LogP) is 1.44. The molecule has 33 heavy (non-hydrogen) atoms. The number of aryl methyl sites for hydroxylation is 1. The maximum absolute atomic E-state index is 13.8. The van der Waals surface area contributed by atoms with Crippen molar-refractivity contribution in [3.8, 4) is 11.5 Å². The Balaban J connectivity index is 1.96. The zero-order valence-corrected chi connectivity index (χ0v) is 19.6. The van der Waals surface area contributed by atoms with E-state index in [-0.39, 0.29) is 6.54 Å². The first-order valence-corrected chi connectivity index (χ1v) is 11.7. The number of hydrogen-bond donors (Lipinski definition) is 0. The fourth-order valence-corrected chi connectivity index (χ4v) is 5.99. The zero-order valence-electron chi connectivity index (χ0n) is 18.8. The van der Waals surface area contributed by atoms with Gasteiger partial charge in [0.05, 0.1) is 20.3 Å². The highest BCUT2D eigenvalue weighted by Crippen LogP contribution is 2.42. The molecule has 10 heteroatoms. The van der Waals surface area contributed by atoms with Crippen LogP contribution in [0.1, 0.15) is 22.7 Å². The number of rotatable bonds is 5. The summed E-state index contributed by atoms with van der Waals surface area (Å²) >= 11 is 0. The Kier molecular flexibility index (Phi) is 5.89. The van der Waals surface area contributed by atoms with Crippen LogP contribution in [0.15, 0.2) is 63.1 Å². The lowest BCUT2D eigenvalue weighted by Crippen LogP contribution is -2.45. The van der Waals surface area contributed by atoms with Gasteiger partial charge in [-0.1, -0.05) is 30.3 Å². The van der Waals surface area contributed by atoms with Gasteiger partial charge in [-0.25, -0.2) is 13.2 Å². The molecule has 1 atom stereocenters. The lowest BCUT2D eigenvalue weighted by molar-refractivity contribution is 0.331. The molecule has 2 heterocycles. The molecule has 0 N–H and O–H groups in total. The first-order valence-electron chi connectivity index (χ1n) is 10.3. The number of fused-ring (bicyclic) bond motifs is 1. The van der Waals surface area contributed by atoms with E-state index < -0.39 is 32.2 Å². The molecule has 0 amide bonds. The number of nitrogens with zero attached hydrogens (tertiary/aromatic N) is 3.